The first-order valence-corrected chi connectivity index (χ1v) is 6.89. The maximum Gasteiger partial charge on any atom is 0.305 e. The zero-order valence-electron chi connectivity index (χ0n) is 11.3. The summed E-state index contributed by atoms with van der Waals surface area (Å²) in [6, 6.07) is 18.2. The van der Waals surface area contributed by atoms with E-state index in [-0.39, 0.29) is 6.42 Å². The predicted molar refractivity (Wildman–Crippen MR) is 82.1 cm³/mol. The molecule has 0 bridgehead atoms. The van der Waals surface area contributed by atoms with Crippen LogP contribution in [-0.2, 0) is 11.2 Å². The molecule has 2 aromatic carbocycles. The minimum absolute atomic E-state index is 0.0466. The summed E-state index contributed by atoms with van der Waals surface area (Å²) < 4.78 is 0. The topological polar surface area (TPSA) is 37.3 Å². The van der Waals surface area contributed by atoms with E-state index in [1.54, 1.807) is 6.92 Å². The van der Waals surface area contributed by atoms with Crippen molar-refractivity contribution in [1.29, 1.82) is 0 Å². The van der Waals surface area contributed by atoms with Crippen LogP contribution in [0.25, 0.3) is 11.1 Å². The molecule has 104 valence electrons. The summed E-state index contributed by atoms with van der Waals surface area (Å²) in [7, 11) is 0. The van der Waals surface area contributed by atoms with Crippen molar-refractivity contribution in [3.05, 3.63) is 60.2 Å². The van der Waals surface area contributed by atoms with E-state index in [0.717, 1.165) is 11.1 Å². The molecule has 0 aliphatic rings. The number of rotatable bonds is 5. The average Bonchev–Trinajstić information content (AvgIpc) is 2.38. The average molecular weight is 289 g/mol. The fraction of sp³-hybridized carbons (Fsp3) is 0.235. The Balaban J connectivity index is 2.11. The van der Waals surface area contributed by atoms with Crippen molar-refractivity contribution in [2.24, 2.45) is 0 Å². The third-order valence-electron chi connectivity index (χ3n) is 3.15. The number of aliphatic carboxylic acids is 1. The van der Waals surface area contributed by atoms with Gasteiger partial charge in [0.1, 0.15) is 0 Å². The second-order valence-electron chi connectivity index (χ2n) is 5.22. The summed E-state index contributed by atoms with van der Waals surface area (Å²) in [5.74, 6) is -0.872. The van der Waals surface area contributed by atoms with Crippen LogP contribution in [0.2, 0.25) is 0 Å². The largest absolute Gasteiger partial charge is 0.481 e. The molecule has 0 amide bonds. The van der Waals surface area contributed by atoms with Gasteiger partial charge in [-0.2, -0.15) is 0 Å². The third kappa shape index (κ3) is 4.10. The standard InChI is InChI=1S/C17H17ClO2/c1-17(18,12-16(19)20)11-13-7-9-15(10-8-13)14-5-3-2-4-6-14/h2-10H,11-12H2,1H3,(H,19,20). The molecule has 0 saturated heterocycles. The molecule has 1 N–H and O–H groups in total. The molecule has 2 aromatic rings. The quantitative estimate of drug-likeness (QED) is 0.830. The lowest BCUT2D eigenvalue weighted by atomic mass is 9.95. The molecule has 0 radical (unpaired) electrons. The molecule has 0 aromatic heterocycles. The molecular weight excluding hydrogens is 272 g/mol. The number of carbonyl (C=O) groups is 1. The van der Waals surface area contributed by atoms with Crippen LogP contribution in [0.5, 0.6) is 0 Å². The fourth-order valence-corrected chi connectivity index (χ4v) is 2.52. The van der Waals surface area contributed by atoms with Gasteiger partial charge in [-0.05, 0) is 30.0 Å². The molecule has 2 nitrogen and oxygen atoms in total. The highest BCUT2D eigenvalue weighted by atomic mass is 35.5. The van der Waals surface area contributed by atoms with Gasteiger partial charge in [0, 0.05) is 0 Å². The summed E-state index contributed by atoms with van der Waals surface area (Å²) in [6.45, 7) is 1.76. The van der Waals surface area contributed by atoms with Gasteiger partial charge in [-0.1, -0.05) is 54.6 Å². The Bertz CT molecular complexity index is 574. The highest BCUT2D eigenvalue weighted by Gasteiger charge is 2.24. The fourth-order valence-electron chi connectivity index (χ4n) is 2.25. The van der Waals surface area contributed by atoms with E-state index in [1.165, 1.54) is 5.56 Å². The summed E-state index contributed by atoms with van der Waals surface area (Å²) in [4.78, 5) is 10.0. The number of hydrogen-bond donors (Lipinski definition) is 1. The van der Waals surface area contributed by atoms with E-state index in [4.69, 9.17) is 16.7 Å². The van der Waals surface area contributed by atoms with Crippen molar-refractivity contribution in [3.8, 4) is 11.1 Å². The summed E-state index contributed by atoms with van der Waals surface area (Å²) in [5, 5.41) is 8.84. The Labute approximate surface area is 124 Å². The van der Waals surface area contributed by atoms with E-state index < -0.39 is 10.8 Å². The van der Waals surface area contributed by atoms with Gasteiger partial charge in [0.2, 0.25) is 0 Å². The molecule has 1 atom stereocenters. The van der Waals surface area contributed by atoms with E-state index in [0.29, 0.717) is 6.42 Å². The van der Waals surface area contributed by atoms with Crippen LogP contribution in [-0.4, -0.2) is 16.0 Å². The zero-order chi connectivity index (χ0) is 14.6. The summed E-state index contributed by atoms with van der Waals surface area (Å²) >= 11 is 6.24. The van der Waals surface area contributed by atoms with Crippen LogP contribution in [0.4, 0.5) is 0 Å². The second-order valence-corrected chi connectivity index (χ2v) is 6.14. The van der Waals surface area contributed by atoms with Gasteiger partial charge in [-0.25, -0.2) is 0 Å². The Kier molecular flexibility index (Phi) is 4.46. The highest BCUT2D eigenvalue weighted by molar-refractivity contribution is 6.24. The monoisotopic (exact) mass is 288 g/mol. The van der Waals surface area contributed by atoms with Gasteiger partial charge >= 0.3 is 5.97 Å². The third-order valence-corrected chi connectivity index (χ3v) is 3.42. The van der Waals surface area contributed by atoms with Crippen LogP contribution in [0.1, 0.15) is 18.9 Å². The van der Waals surface area contributed by atoms with Gasteiger partial charge in [-0.3, -0.25) is 4.79 Å². The molecule has 0 aliphatic heterocycles. The van der Waals surface area contributed by atoms with Gasteiger partial charge in [0.25, 0.3) is 0 Å². The molecule has 0 saturated carbocycles. The van der Waals surface area contributed by atoms with Gasteiger partial charge in [-0.15, -0.1) is 11.6 Å². The molecule has 1 unspecified atom stereocenters. The Hall–Kier alpha value is -1.80. The number of carboxylic acids is 1. The lowest BCUT2D eigenvalue weighted by Gasteiger charge is -2.19. The number of benzene rings is 2. The second kappa shape index (κ2) is 6.10. The Morgan fingerprint density at radius 2 is 1.60 bits per heavy atom. The number of halogens is 1. The minimum Gasteiger partial charge on any atom is -0.481 e. The SMILES string of the molecule is CC(Cl)(CC(=O)O)Cc1ccc(-c2ccccc2)cc1. The summed E-state index contributed by atoms with van der Waals surface area (Å²) in [5.41, 5.74) is 3.35. The van der Waals surface area contributed by atoms with Crippen LogP contribution in [0.3, 0.4) is 0 Å². The van der Waals surface area contributed by atoms with Gasteiger partial charge < -0.3 is 5.11 Å². The Morgan fingerprint density at radius 3 is 2.15 bits per heavy atom. The normalized spacial score (nSPS) is 13.7. The summed E-state index contributed by atoms with van der Waals surface area (Å²) in [6.07, 6.45) is 0.491. The van der Waals surface area contributed by atoms with Crippen molar-refractivity contribution < 1.29 is 9.90 Å². The smallest absolute Gasteiger partial charge is 0.305 e. The first-order valence-electron chi connectivity index (χ1n) is 6.51. The van der Waals surface area contributed by atoms with Crippen molar-refractivity contribution in [1.82, 2.24) is 0 Å². The lowest BCUT2D eigenvalue weighted by molar-refractivity contribution is -0.137. The number of hydrogen-bond acceptors (Lipinski definition) is 1. The Morgan fingerprint density at radius 1 is 1.05 bits per heavy atom. The van der Waals surface area contributed by atoms with Crippen molar-refractivity contribution in [3.63, 3.8) is 0 Å². The first-order chi connectivity index (χ1) is 9.46. The first kappa shape index (κ1) is 14.6. The van der Waals surface area contributed by atoms with E-state index in [9.17, 15) is 4.79 Å². The van der Waals surface area contributed by atoms with Crippen molar-refractivity contribution >= 4 is 17.6 Å². The van der Waals surface area contributed by atoms with Crippen LogP contribution < -0.4 is 0 Å². The minimum atomic E-state index is -0.872. The maximum absolute atomic E-state index is 10.8. The molecule has 3 heteroatoms. The van der Waals surface area contributed by atoms with Crippen molar-refractivity contribution in [2.75, 3.05) is 0 Å². The number of alkyl halides is 1. The highest BCUT2D eigenvalue weighted by Crippen LogP contribution is 2.26. The maximum atomic E-state index is 10.8. The van der Waals surface area contributed by atoms with E-state index >= 15 is 0 Å². The zero-order valence-corrected chi connectivity index (χ0v) is 12.1. The molecule has 20 heavy (non-hydrogen) atoms. The van der Waals surface area contributed by atoms with Gasteiger partial charge in [0.05, 0.1) is 11.3 Å². The number of carboxylic acid groups (broad SMARTS) is 1. The van der Waals surface area contributed by atoms with Crippen molar-refractivity contribution in [2.45, 2.75) is 24.6 Å². The van der Waals surface area contributed by atoms with E-state index in [2.05, 4.69) is 12.1 Å². The predicted octanol–water partition coefficient (Wildman–Crippen LogP) is 4.37. The lowest BCUT2D eigenvalue weighted by Crippen LogP contribution is -2.24. The van der Waals surface area contributed by atoms with E-state index in [1.807, 2.05) is 42.5 Å². The van der Waals surface area contributed by atoms with Crippen LogP contribution in [0.15, 0.2) is 54.6 Å². The molecule has 0 fully saturated rings. The molecule has 2 rings (SSSR count). The van der Waals surface area contributed by atoms with Crippen LogP contribution >= 0.6 is 11.6 Å². The molecule has 0 spiro atoms. The van der Waals surface area contributed by atoms with Crippen LogP contribution in [0, 0.1) is 0 Å². The molecule has 0 heterocycles. The molecular formula is C17H17ClO2. The molecule has 0 aliphatic carbocycles. The van der Waals surface area contributed by atoms with Gasteiger partial charge in [0.15, 0.2) is 0 Å².